The Morgan fingerprint density at radius 2 is 1.85 bits per heavy atom. The van der Waals surface area contributed by atoms with Gasteiger partial charge in [-0.05, 0) is 36.4 Å². The first-order valence-corrected chi connectivity index (χ1v) is 11.3. The summed E-state index contributed by atoms with van der Waals surface area (Å²) >= 11 is 0. The highest BCUT2D eigenvalue weighted by molar-refractivity contribution is 6.07. The lowest BCUT2D eigenvalue weighted by Gasteiger charge is -2.08. The molecule has 2 aromatic carbocycles. The van der Waals surface area contributed by atoms with Crippen molar-refractivity contribution >= 4 is 28.3 Å². The van der Waals surface area contributed by atoms with Gasteiger partial charge in [0.2, 0.25) is 0 Å². The van der Waals surface area contributed by atoms with Crippen LogP contribution in [-0.4, -0.2) is 28.1 Å². The fourth-order valence-electron chi connectivity index (χ4n) is 3.45. The number of ether oxygens (including phenoxy) is 1. The number of benzene rings is 2. The Kier molecular flexibility index (Phi) is 6.96. The minimum absolute atomic E-state index is 0.120. The third kappa shape index (κ3) is 5.28. The number of carbonyl (C=O) groups excluding carboxylic acids is 2. The van der Waals surface area contributed by atoms with E-state index in [1.54, 1.807) is 23.0 Å². The SMILES string of the molecule is CCn1cc(NC(=O)c2ccc(COc3cccc4ccccc34)o2)c(C(=O)NCC(C)C)n1. The van der Waals surface area contributed by atoms with Gasteiger partial charge < -0.3 is 19.8 Å². The van der Waals surface area contributed by atoms with Crippen molar-refractivity contribution in [3.8, 4) is 5.75 Å². The van der Waals surface area contributed by atoms with Gasteiger partial charge in [-0.3, -0.25) is 14.3 Å². The molecule has 0 aliphatic heterocycles. The number of fused-ring (bicyclic) bond motifs is 1. The Hall–Kier alpha value is -4.07. The largest absolute Gasteiger partial charge is 0.485 e. The topological polar surface area (TPSA) is 98.4 Å². The van der Waals surface area contributed by atoms with Crippen molar-refractivity contribution in [3.05, 3.63) is 78.0 Å². The summed E-state index contributed by atoms with van der Waals surface area (Å²) in [6, 6.07) is 17.1. The van der Waals surface area contributed by atoms with Gasteiger partial charge in [0.1, 0.15) is 18.1 Å². The predicted molar refractivity (Wildman–Crippen MR) is 130 cm³/mol. The summed E-state index contributed by atoms with van der Waals surface area (Å²) in [6.07, 6.45) is 1.63. The fourth-order valence-corrected chi connectivity index (χ4v) is 3.45. The van der Waals surface area contributed by atoms with E-state index < -0.39 is 5.91 Å². The van der Waals surface area contributed by atoms with Crippen molar-refractivity contribution in [1.82, 2.24) is 15.1 Å². The number of aryl methyl sites for hydroxylation is 1. The summed E-state index contributed by atoms with van der Waals surface area (Å²) in [6.45, 7) is 7.18. The van der Waals surface area contributed by atoms with Gasteiger partial charge in [-0.1, -0.05) is 50.2 Å². The van der Waals surface area contributed by atoms with Crippen molar-refractivity contribution in [2.45, 2.75) is 33.9 Å². The van der Waals surface area contributed by atoms with Crippen molar-refractivity contribution in [2.75, 3.05) is 11.9 Å². The molecule has 4 aromatic rings. The zero-order valence-electron chi connectivity index (χ0n) is 19.5. The second-order valence-corrected chi connectivity index (χ2v) is 8.34. The van der Waals surface area contributed by atoms with Crippen molar-refractivity contribution in [2.24, 2.45) is 5.92 Å². The molecule has 34 heavy (non-hydrogen) atoms. The van der Waals surface area contributed by atoms with Gasteiger partial charge in [0.15, 0.2) is 11.5 Å². The molecule has 2 aromatic heterocycles. The second-order valence-electron chi connectivity index (χ2n) is 8.34. The molecular weight excluding hydrogens is 432 g/mol. The molecule has 0 saturated carbocycles. The molecule has 0 aliphatic rings. The van der Waals surface area contributed by atoms with E-state index in [4.69, 9.17) is 9.15 Å². The zero-order valence-corrected chi connectivity index (χ0v) is 19.5. The van der Waals surface area contributed by atoms with E-state index in [0.29, 0.717) is 30.5 Å². The van der Waals surface area contributed by atoms with Crippen LogP contribution in [0.4, 0.5) is 5.69 Å². The highest BCUT2D eigenvalue weighted by Gasteiger charge is 2.20. The number of aromatic nitrogens is 2. The van der Waals surface area contributed by atoms with E-state index in [0.717, 1.165) is 16.5 Å². The average Bonchev–Trinajstić information content (AvgIpc) is 3.48. The molecule has 0 spiro atoms. The van der Waals surface area contributed by atoms with Gasteiger partial charge in [-0.15, -0.1) is 0 Å². The monoisotopic (exact) mass is 460 g/mol. The number of amides is 2. The van der Waals surface area contributed by atoms with Gasteiger partial charge in [0.05, 0.1) is 5.69 Å². The first-order valence-electron chi connectivity index (χ1n) is 11.3. The van der Waals surface area contributed by atoms with Crippen molar-refractivity contribution in [1.29, 1.82) is 0 Å². The summed E-state index contributed by atoms with van der Waals surface area (Å²) in [5, 5.41) is 12.0. The number of anilines is 1. The normalized spacial score (nSPS) is 11.1. The molecule has 2 amide bonds. The Morgan fingerprint density at radius 1 is 1.06 bits per heavy atom. The predicted octanol–water partition coefficient (Wildman–Crippen LogP) is 4.87. The number of furan rings is 1. The maximum absolute atomic E-state index is 12.8. The Balaban J connectivity index is 1.43. The molecule has 0 unspecified atom stereocenters. The van der Waals surface area contributed by atoms with Gasteiger partial charge in [0, 0.05) is 24.7 Å². The Labute approximate surface area is 197 Å². The molecule has 0 atom stereocenters. The summed E-state index contributed by atoms with van der Waals surface area (Å²) in [5.74, 6) is 0.869. The third-order valence-corrected chi connectivity index (χ3v) is 5.22. The highest BCUT2D eigenvalue weighted by Crippen LogP contribution is 2.26. The molecule has 0 aliphatic carbocycles. The molecule has 4 rings (SSSR count). The van der Waals surface area contributed by atoms with Crippen molar-refractivity contribution < 1.29 is 18.7 Å². The first-order chi connectivity index (χ1) is 16.4. The summed E-state index contributed by atoms with van der Waals surface area (Å²) in [4.78, 5) is 25.4. The number of nitrogens with one attached hydrogen (secondary N) is 2. The molecule has 0 bridgehead atoms. The maximum Gasteiger partial charge on any atom is 0.291 e. The van der Waals surface area contributed by atoms with Gasteiger partial charge in [0.25, 0.3) is 11.8 Å². The average molecular weight is 461 g/mol. The second kappa shape index (κ2) is 10.2. The number of nitrogens with zero attached hydrogens (tertiary/aromatic N) is 2. The minimum atomic E-state index is -0.468. The number of carbonyl (C=O) groups is 2. The summed E-state index contributed by atoms with van der Waals surface area (Å²) < 4.78 is 13.2. The lowest BCUT2D eigenvalue weighted by Crippen LogP contribution is -2.28. The van der Waals surface area contributed by atoms with Crippen LogP contribution in [0.15, 0.2) is 65.2 Å². The van der Waals surface area contributed by atoms with Crippen LogP contribution in [0.3, 0.4) is 0 Å². The number of hydrogen-bond donors (Lipinski definition) is 2. The van der Waals surface area contributed by atoms with Crippen LogP contribution < -0.4 is 15.4 Å². The van der Waals surface area contributed by atoms with Crippen LogP contribution in [0.25, 0.3) is 10.8 Å². The number of rotatable bonds is 9. The fraction of sp³-hybridized carbons (Fsp3) is 0.269. The quantitative estimate of drug-likeness (QED) is 0.371. The van der Waals surface area contributed by atoms with Crippen molar-refractivity contribution in [3.63, 3.8) is 0 Å². The van der Waals surface area contributed by atoms with Gasteiger partial charge >= 0.3 is 0 Å². The van der Waals surface area contributed by atoms with Gasteiger partial charge in [-0.25, -0.2) is 0 Å². The molecule has 8 nitrogen and oxygen atoms in total. The molecule has 2 heterocycles. The minimum Gasteiger partial charge on any atom is -0.485 e. The summed E-state index contributed by atoms with van der Waals surface area (Å²) in [7, 11) is 0. The zero-order chi connectivity index (χ0) is 24.1. The standard InChI is InChI=1S/C26H28N4O4/c1-4-30-15-21(24(29-30)26(32)27-14-17(2)3)28-25(31)23-13-12-19(34-23)16-33-22-11-7-9-18-8-5-6-10-20(18)22/h5-13,15,17H,4,14,16H2,1-3H3,(H,27,32)(H,28,31). The maximum atomic E-state index is 12.8. The summed E-state index contributed by atoms with van der Waals surface area (Å²) in [5.41, 5.74) is 0.500. The van der Waals surface area contributed by atoms with Crippen LogP contribution in [0.5, 0.6) is 5.75 Å². The van der Waals surface area contributed by atoms with E-state index in [9.17, 15) is 9.59 Å². The molecule has 2 N–H and O–H groups in total. The van der Waals surface area contributed by atoms with E-state index in [1.807, 2.05) is 63.2 Å². The Morgan fingerprint density at radius 3 is 2.65 bits per heavy atom. The van der Waals surface area contributed by atoms with Crippen LogP contribution in [-0.2, 0) is 13.2 Å². The smallest absolute Gasteiger partial charge is 0.291 e. The first kappa shape index (κ1) is 23.1. The third-order valence-electron chi connectivity index (χ3n) is 5.22. The molecule has 0 fully saturated rings. The molecular formula is C26H28N4O4. The van der Waals surface area contributed by atoms with E-state index in [1.165, 1.54) is 0 Å². The van der Waals surface area contributed by atoms with Gasteiger partial charge in [-0.2, -0.15) is 5.10 Å². The molecule has 0 radical (unpaired) electrons. The molecule has 8 heteroatoms. The van der Waals surface area contributed by atoms with Crippen LogP contribution in [0.1, 0.15) is 47.6 Å². The highest BCUT2D eigenvalue weighted by atomic mass is 16.5. The van der Waals surface area contributed by atoms with Crippen LogP contribution in [0.2, 0.25) is 0 Å². The molecule has 0 saturated heterocycles. The molecule has 176 valence electrons. The van der Waals surface area contributed by atoms with E-state index >= 15 is 0 Å². The lowest BCUT2D eigenvalue weighted by molar-refractivity contribution is 0.0944. The van der Waals surface area contributed by atoms with E-state index in [-0.39, 0.29) is 24.0 Å². The lowest BCUT2D eigenvalue weighted by atomic mass is 10.1. The van der Waals surface area contributed by atoms with E-state index in [2.05, 4.69) is 15.7 Å². The van der Waals surface area contributed by atoms with Crippen LogP contribution >= 0.6 is 0 Å². The Bertz CT molecular complexity index is 1300. The van der Waals surface area contributed by atoms with Crippen LogP contribution in [0, 0.1) is 5.92 Å². The number of hydrogen-bond acceptors (Lipinski definition) is 5.